The van der Waals surface area contributed by atoms with E-state index in [9.17, 15) is 4.79 Å². The van der Waals surface area contributed by atoms with Crippen molar-refractivity contribution < 1.29 is 4.79 Å². The van der Waals surface area contributed by atoms with Crippen molar-refractivity contribution in [1.29, 1.82) is 0 Å². The molecule has 0 spiro atoms. The van der Waals surface area contributed by atoms with Crippen LogP contribution in [0.1, 0.15) is 9.67 Å². The normalized spacial score (nSPS) is 9.85. The fraction of sp³-hybridized carbons (Fsp3) is 0. The third-order valence-corrected chi connectivity index (χ3v) is 2.64. The summed E-state index contributed by atoms with van der Waals surface area (Å²) in [6.07, 6.45) is 0. The summed E-state index contributed by atoms with van der Waals surface area (Å²) in [4.78, 5) is 12.0. The molecule has 0 radical (unpaired) electrons. The van der Waals surface area contributed by atoms with Gasteiger partial charge in [-0.3, -0.25) is 10.1 Å². The smallest absolute Gasteiger partial charge is 0.267 e. The van der Waals surface area contributed by atoms with Crippen molar-refractivity contribution in [3.8, 4) is 0 Å². The number of amides is 1. The van der Waals surface area contributed by atoms with Crippen molar-refractivity contribution in [2.75, 3.05) is 5.32 Å². The molecule has 0 fully saturated rings. The lowest BCUT2D eigenvalue weighted by Crippen LogP contribution is -2.09. The van der Waals surface area contributed by atoms with Gasteiger partial charge in [0, 0.05) is 11.5 Å². The summed E-state index contributed by atoms with van der Waals surface area (Å²) < 4.78 is 3.53. The van der Waals surface area contributed by atoms with Gasteiger partial charge in [-0.15, -0.1) is 11.3 Å². The monoisotopic (exact) mass is 212 g/mol. The van der Waals surface area contributed by atoms with Crippen LogP contribution in [0.4, 0.5) is 5.13 Å². The van der Waals surface area contributed by atoms with E-state index < -0.39 is 0 Å². The first-order valence-electron chi connectivity index (χ1n) is 3.36. The molecule has 0 unspecified atom stereocenters. The van der Waals surface area contributed by atoms with Crippen molar-refractivity contribution >= 4 is 33.9 Å². The zero-order valence-electron chi connectivity index (χ0n) is 6.30. The third kappa shape index (κ3) is 1.87. The molecule has 0 atom stereocenters. The van der Waals surface area contributed by atoms with E-state index in [4.69, 9.17) is 0 Å². The number of anilines is 1. The number of carbonyl (C=O) groups is 1. The maximum Gasteiger partial charge on any atom is 0.267 e. The Hall–Kier alpha value is -1.34. The molecule has 1 N–H and O–H groups in total. The van der Waals surface area contributed by atoms with Gasteiger partial charge in [0.05, 0.1) is 4.88 Å². The highest BCUT2D eigenvalue weighted by Gasteiger charge is 2.08. The number of thiophene rings is 1. The number of nitrogens with one attached hydrogen (secondary N) is 1. The van der Waals surface area contributed by atoms with Gasteiger partial charge in [0.25, 0.3) is 5.91 Å². The average molecular weight is 212 g/mol. The molecule has 2 aromatic rings. The minimum absolute atomic E-state index is 0.173. The van der Waals surface area contributed by atoms with E-state index in [1.54, 1.807) is 6.07 Å². The molecule has 0 aliphatic rings. The van der Waals surface area contributed by atoms with Crippen molar-refractivity contribution in [2.45, 2.75) is 0 Å². The van der Waals surface area contributed by atoms with E-state index >= 15 is 0 Å². The molecule has 2 rings (SSSR count). The van der Waals surface area contributed by atoms with Crippen LogP contribution in [-0.4, -0.2) is 20.7 Å². The van der Waals surface area contributed by atoms with Gasteiger partial charge in [0.15, 0.2) is 0 Å². The average Bonchev–Trinajstić information content (AvgIpc) is 2.74. The molecule has 5 nitrogen and oxygen atoms in total. The zero-order chi connectivity index (χ0) is 9.10. The van der Waals surface area contributed by atoms with Crippen LogP contribution >= 0.6 is 22.9 Å². The molecule has 0 bridgehead atoms. The molecule has 2 aromatic heterocycles. The topological polar surface area (TPSA) is 67.8 Å². The zero-order valence-corrected chi connectivity index (χ0v) is 7.93. The van der Waals surface area contributed by atoms with E-state index in [1.165, 1.54) is 11.3 Å². The molecule has 2 heterocycles. The molecule has 0 saturated heterocycles. The van der Waals surface area contributed by atoms with Gasteiger partial charge >= 0.3 is 0 Å². The van der Waals surface area contributed by atoms with Crippen LogP contribution in [-0.2, 0) is 0 Å². The summed E-state index contributed by atoms with van der Waals surface area (Å²) >= 11 is 2.43. The van der Waals surface area contributed by atoms with E-state index in [0.717, 1.165) is 11.5 Å². The molecule has 66 valence electrons. The van der Waals surface area contributed by atoms with Crippen LogP contribution in [0, 0.1) is 0 Å². The predicted molar refractivity (Wildman–Crippen MR) is 50.0 cm³/mol. The highest BCUT2D eigenvalue weighted by Crippen LogP contribution is 2.12. The maximum atomic E-state index is 11.4. The largest absolute Gasteiger partial charge is 0.294 e. The Bertz CT molecular complexity index is 383. The second-order valence-corrected chi connectivity index (χ2v) is 3.78. The minimum Gasteiger partial charge on any atom is -0.294 e. The highest BCUT2D eigenvalue weighted by atomic mass is 32.1. The van der Waals surface area contributed by atoms with Crippen LogP contribution in [0.3, 0.4) is 0 Å². The number of rotatable bonds is 2. The number of hydrogen-bond donors (Lipinski definition) is 1. The first-order chi connectivity index (χ1) is 6.36. The van der Waals surface area contributed by atoms with Gasteiger partial charge in [-0.2, -0.15) is 0 Å². The van der Waals surface area contributed by atoms with Crippen molar-refractivity contribution in [3.05, 3.63) is 22.4 Å². The standard InChI is InChI=1S/C6H4N4OS2/c11-5(4-2-1-3-12-4)7-6-8-9-10-13-6/h1-3H,(H,7,8,10,11). The molecular formula is C6H4N4OS2. The Labute approximate surface area is 81.6 Å². The Morgan fingerprint density at radius 1 is 1.54 bits per heavy atom. The molecule has 0 aliphatic carbocycles. The maximum absolute atomic E-state index is 11.4. The van der Waals surface area contributed by atoms with Crippen LogP contribution < -0.4 is 5.32 Å². The summed E-state index contributed by atoms with van der Waals surface area (Å²) in [5, 5.41) is 11.8. The van der Waals surface area contributed by atoms with Crippen LogP contribution in [0.25, 0.3) is 0 Å². The van der Waals surface area contributed by atoms with E-state index in [0.29, 0.717) is 10.0 Å². The predicted octanol–water partition coefficient (Wildman–Crippen LogP) is 1.25. The first-order valence-corrected chi connectivity index (χ1v) is 5.01. The lowest BCUT2D eigenvalue weighted by atomic mass is 10.4. The second kappa shape index (κ2) is 3.58. The van der Waals surface area contributed by atoms with Crippen LogP contribution in [0.2, 0.25) is 0 Å². The van der Waals surface area contributed by atoms with Crippen molar-refractivity contribution in [1.82, 2.24) is 14.8 Å². The Balaban J connectivity index is 2.08. The van der Waals surface area contributed by atoms with Gasteiger partial charge in [-0.1, -0.05) is 15.7 Å². The summed E-state index contributed by atoms with van der Waals surface area (Å²) in [5.74, 6) is -0.173. The SMILES string of the molecule is O=C(Nc1nnns1)c1cccs1. The van der Waals surface area contributed by atoms with Gasteiger partial charge in [0.1, 0.15) is 0 Å². The van der Waals surface area contributed by atoms with Crippen LogP contribution in [0.5, 0.6) is 0 Å². The first kappa shape index (κ1) is 8.27. The fourth-order valence-corrected chi connectivity index (χ4v) is 1.73. The van der Waals surface area contributed by atoms with Crippen molar-refractivity contribution in [2.24, 2.45) is 0 Å². The summed E-state index contributed by atoms with van der Waals surface area (Å²) in [6.45, 7) is 0. The molecular weight excluding hydrogens is 208 g/mol. The van der Waals surface area contributed by atoms with Gasteiger partial charge < -0.3 is 0 Å². The lowest BCUT2D eigenvalue weighted by molar-refractivity contribution is 0.103. The Morgan fingerprint density at radius 2 is 2.46 bits per heavy atom. The summed E-state index contributed by atoms with van der Waals surface area (Å²) in [5.41, 5.74) is 0. The third-order valence-electron chi connectivity index (χ3n) is 1.26. The highest BCUT2D eigenvalue weighted by molar-refractivity contribution is 7.12. The molecule has 0 aliphatic heterocycles. The van der Waals surface area contributed by atoms with E-state index in [2.05, 4.69) is 20.1 Å². The lowest BCUT2D eigenvalue weighted by Gasteiger charge is -1.94. The molecule has 0 aromatic carbocycles. The summed E-state index contributed by atoms with van der Waals surface area (Å²) in [6, 6.07) is 3.56. The number of aromatic nitrogens is 3. The summed E-state index contributed by atoms with van der Waals surface area (Å²) in [7, 11) is 0. The number of hydrogen-bond acceptors (Lipinski definition) is 6. The number of carbonyl (C=O) groups excluding carboxylic acids is 1. The molecule has 13 heavy (non-hydrogen) atoms. The van der Waals surface area contributed by atoms with Gasteiger partial charge in [-0.25, -0.2) is 0 Å². The number of nitrogens with zero attached hydrogens (tertiary/aromatic N) is 3. The van der Waals surface area contributed by atoms with Gasteiger partial charge in [-0.05, 0) is 16.7 Å². The van der Waals surface area contributed by atoms with Gasteiger partial charge in [0.2, 0.25) is 5.13 Å². The molecule has 1 amide bonds. The molecule has 7 heteroatoms. The second-order valence-electron chi connectivity index (χ2n) is 2.10. The van der Waals surface area contributed by atoms with E-state index in [1.807, 2.05) is 11.4 Å². The fourth-order valence-electron chi connectivity index (χ4n) is 0.748. The van der Waals surface area contributed by atoms with Crippen LogP contribution in [0.15, 0.2) is 17.5 Å². The Morgan fingerprint density at radius 3 is 3.08 bits per heavy atom. The minimum atomic E-state index is -0.173. The van der Waals surface area contributed by atoms with E-state index in [-0.39, 0.29) is 5.91 Å². The Kier molecular flexibility index (Phi) is 2.28. The van der Waals surface area contributed by atoms with Crippen molar-refractivity contribution in [3.63, 3.8) is 0 Å². The quantitative estimate of drug-likeness (QED) is 0.813. The molecule has 0 saturated carbocycles.